The first-order valence-electron chi connectivity index (χ1n) is 6.00. The van der Waals surface area contributed by atoms with Gasteiger partial charge in [-0.2, -0.15) is 0 Å². The van der Waals surface area contributed by atoms with Crippen LogP contribution in [0.4, 0.5) is 4.39 Å². The zero-order valence-electron chi connectivity index (χ0n) is 10.0. The van der Waals surface area contributed by atoms with E-state index in [0.717, 1.165) is 24.8 Å². The first kappa shape index (κ1) is 12.8. The van der Waals surface area contributed by atoms with Gasteiger partial charge in [-0.25, -0.2) is 4.39 Å². The molecule has 1 aliphatic rings. The number of aliphatic hydroxyl groups is 1. The van der Waals surface area contributed by atoms with Gasteiger partial charge in [-0.05, 0) is 43.0 Å². The predicted octanol–water partition coefficient (Wildman–Crippen LogP) is 1.87. The van der Waals surface area contributed by atoms with Crippen LogP contribution in [0, 0.1) is 5.82 Å². The largest absolute Gasteiger partial charge is 0.394 e. The molecular formula is C14H16FNO2. The molecule has 0 unspecified atom stereocenters. The molecule has 2 rings (SSSR count). The molecule has 0 spiro atoms. The van der Waals surface area contributed by atoms with Crippen LogP contribution < -0.4 is 5.32 Å². The zero-order valence-corrected chi connectivity index (χ0v) is 10.0. The number of benzene rings is 1. The van der Waals surface area contributed by atoms with Gasteiger partial charge in [0.1, 0.15) is 5.82 Å². The van der Waals surface area contributed by atoms with Crippen molar-refractivity contribution in [1.82, 2.24) is 5.32 Å². The topological polar surface area (TPSA) is 49.3 Å². The van der Waals surface area contributed by atoms with Crippen LogP contribution in [0.1, 0.15) is 24.8 Å². The summed E-state index contributed by atoms with van der Waals surface area (Å²) in [7, 11) is 0. The van der Waals surface area contributed by atoms with Crippen LogP contribution in [0.25, 0.3) is 6.08 Å². The number of amides is 1. The lowest BCUT2D eigenvalue weighted by molar-refractivity contribution is -0.120. The smallest absolute Gasteiger partial charge is 0.244 e. The van der Waals surface area contributed by atoms with Crippen molar-refractivity contribution in [2.45, 2.75) is 24.8 Å². The SMILES string of the molecule is O=C(/C=C/c1ccc(F)cc1)NC1(CO)CCC1. The van der Waals surface area contributed by atoms with Crippen LogP contribution >= 0.6 is 0 Å². The summed E-state index contributed by atoms with van der Waals surface area (Å²) < 4.78 is 12.7. The third-order valence-electron chi connectivity index (χ3n) is 3.30. The lowest BCUT2D eigenvalue weighted by Gasteiger charge is -2.40. The van der Waals surface area contributed by atoms with Crippen LogP contribution in [-0.2, 0) is 4.79 Å². The Bertz CT molecular complexity index is 444. The third kappa shape index (κ3) is 2.96. The average Bonchev–Trinajstić information content (AvgIpc) is 2.33. The Morgan fingerprint density at radius 1 is 1.39 bits per heavy atom. The van der Waals surface area contributed by atoms with Crippen molar-refractivity contribution in [3.8, 4) is 0 Å². The second kappa shape index (κ2) is 5.31. The maximum Gasteiger partial charge on any atom is 0.244 e. The van der Waals surface area contributed by atoms with Gasteiger partial charge >= 0.3 is 0 Å². The Balaban J connectivity index is 1.92. The summed E-state index contributed by atoms with van der Waals surface area (Å²) in [6.45, 7) is -0.0247. The Labute approximate surface area is 105 Å². The minimum absolute atomic E-state index is 0.0247. The Kier molecular flexibility index (Phi) is 3.77. The minimum Gasteiger partial charge on any atom is -0.394 e. The summed E-state index contributed by atoms with van der Waals surface area (Å²) >= 11 is 0. The van der Waals surface area contributed by atoms with E-state index in [1.165, 1.54) is 18.2 Å². The summed E-state index contributed by atoms with van der Waals surface area (Å²) in [5, 5.41) is 12.0. The molecule has 1 aromatic rings. The molecule has 0 aliphatic heterocycles. The molecule has 0 saturated heterocycles. The summed E-state index contributed by atoms with van der Waals surface area (Å²) in [5.41, 5.74) is 0.336. The second-order valence-electron chi connectivity index (χ2n) is 4.67. The normalized spacial score (nSPS) is 17.4. The van der Waals surface area contributed by atoms with Crippen molar-refractivity contribution in [3.63, 3.8) is 0 Å². The Morgan fingerprint density at radius 3 is 2.56 bits per heavy atom. The van der Waals surface area contributed by atoms with Crippen molar-refractivity contribution in [3.05, 3.63) is 41.7 Å². The molecule has 3 nitrogen and oxygen atoms in total. The number of nitrogens with one attached hydrogen (secondary N) is 1. The number of aliphatic hydroxyl groups excluding tert-OH is 1. The maximum atomic E-state index is 12.7. The number of carbonyl (C=O) groups excluding carboxylic acids is 1. The van der Waals surface area contributed by atoms with Gasteiger partial charge in [0.15, 0.2) is 0 Å². The molecule has 0 bridgehead atoms. The fraction of sp³-hybridized carbons (Fsp3) is 0.357. The highest BCUT2D eigenvalue weighted by atomic mass is 19.1. The lowest BCUT2D eigenvalue weighted by atomic mass is 9.77. The van der Waals surface area contributed by atoms with E-state index >= 15 is 0 Å². The second-order valence-corrected chi connectivity index (χ2v) is 4.67. The van der Waals surface area contributed by atoms with Gasteiger partial charge < -0.3 is 10.4 Å². The zero-order chi connectivity index (χ0) is 13.0. The fourth-order valence-electron chi connectivity index (χ4n) is 1.98. The highest BCUT2D eigenvalue weighted by Crippen LogP contribution is 2.31. The molecule has 1 fully saturated rings. The molecule has 96 valence electrons. The van der Waals surface area contributed by atoms with Crippen LogP contribution in [0.5, 0.6) is 0 Å². The van der Waals surface area contributed by atoms with Crippen molar-refractivity contribution in [2.75, 3.05) is 6.61 Å². The van der Waals surface area contributed by atoms with E-state index in [1.54, 1.807) is 18.2 Å². The molecule has 0 atom stereocenters. The van der Waals surface area contributed by atoms with E-state index in [-0.39, 0.29) is 18.3 Å². The molecule has 18 heavy (non-hydrogen) atoms. The van der Waals surface area contributed by atoms with Gasteiger partial charge in [0.25, 0.3) is 0 Å². The van der Waals surface area contributed by atoms with Gasteiger partial charge in [-0.1, -0.05) is 12.1 Å². The Morgan fingerprint density at radius 2 is 2.06 bits per heavy atom. The van der Waals surface area contributed by atoms with Crippen molar-refractivity contribution >= 4 is 12.0 Å². The first-order valence-corrected chi connectivity index (χ1v) is 6.00. The van der Waals surface area contributed by atoms with E-state index in [9.17, 15) is 14.3 Å². The van der Waals surface area contributed by atoms with Crippen molar-refractivity contribution in [1.29, 1.82) is 0 Å². The monoisotopic (exact) mass is 249 g/mol. The van der Waals surface area contributed by atoms with Crippen molar-refractivity contribution in [2.24, 2.45) is 0 Å². The molecule has 1 aliphatic carbocycles. The lowest BCUT2D eigenvalue weighted by Crippen LogP contribution is -2.55. The molecule has 0 aromatic heterocycles. The summed E-state index contributed by atoms with van der Waals surface area (Å²) in [6, 6.07) is 5.89. The average molecular weight is 249 g/mol. The van der Waals surface area contributed by atoms with Gasteiger partial charge in [-0.3, -0.25) is 4.79 Å². The van der Waals surface area contributed by atoms with Gasteiger partial charge in [0.2, 0.25) is 5.91 Å². The van der Waals surface area contributed by atoms with Gasteiger partial charge in [0.05, 0.1) is 12.1 Å². The standard InChI is InChI=1S/C14H16FNO2/c15-12-5-2-11(3-6-12)4-7-13(18)16-14(10-17)8-1-9-14/h2-7,17H,1,8-10H2,(H,16,18)/b7-4+. The molecule has 1 aromatic carbocycles. The molecule has 4 heteroatoms. The highest BCUT2D eigenvalue weighted by Gasteiger charge is 2.37. The molecule has 0 radical (unpaired) electrons. The van der Waals surface area contributed by atoms with E-state index in [2.05, 4.69) is 5.32 Å². The predicted molar refractivity (Wildman–Crippen MR) is 67.2 cm³/mol. The number of rotatable bonds is 4. The summed E-state index contributed by atoms with van der Waals surface area (Å²) in [6.07, 6.45) is 5.70. The third-order valence-corrected chi connectivity index (χ3v) is 3.30. The number of hydrogen-bond acceptors (Lipinski definition) is 2. The molecule has 1 amide bonds. The number of hydrogen-bond donors (Lipinski definition) is 2. The van der Waals surface area contributed by atoms with Crippen LogP contribution in [0.15, 0.2) is 30.3 Å². The molecule has 2 N–H and O–H groups in total. The summed E-state index contributed by atoms with van der Waals surface area (Å²) in [5.74, 6) is -0.529. The van der Waals surface area contributed by atoms with Crippen molar-refractivity contribution < 1.29 is 14.3 Å². The minimum atomic E-state index is -0.426. The van der Waals surface area contributed by atoms with E-state index in [0.29, 0.717) is 0 Å². The van der Waals surface area contributed by atoms with E-state index < -0.39 is 5.54 Å². The maximum absolute atomic E-state index is 12.7. The molecule has 1 saturated carbocycles. The Hall–Kier alpha value is -1.68. The van der Waals surface area contributed by atoms with E-state index in [1.807, 2.05) is 0 Å². The fourth-order valence-corrected chi connectivity index (χ4v) is 1.98. The summed E-state index contributed by atoms with van der Waals surface area (Å²) in [4.78, 5) is 11.7. The quantitative estimate of drug-likeness (QED) is 0.800. The molecule has 0 heterocycles. The van der Waals surface area contributed by atoms with Crippen LogP contribution in [-0.4, -0.2) is 23.2 Å². The molecular weight excluding hydrogens is 233 g/mol. The number of carbonyl (C=O) groups is 1. The first-order chi connectivity index (χ1) is 8.63. The van der Waals surface area contributed by atoms with Crippen LogP contribution in [0.2, 0.25) is 0 Å². The number of halogens is 1. The highest BCUT2D eigenvalue weighted by molar-refractivity contribution is 5.92. The van der Waals surface area contributed by atoms with E-state index in [4.69, 9.17) is 0 Å². The van der Waals surface area contributed by atoms with Crippen LogP contribution in [0.3, 0.4) is 0 Å². The van der Waals surface area contributed by atoms with Gasteiger partial charge in [0, 0.05) is 6.08 Å². The van der Waals surface area contributed by atoms with Gasteiger partial charge in [-0.15, -0.1) is 0 Å².